The van der Waals surface area contributed by atoms with Crippen LogP contribution in [0.15, 0.2) is 36.4 Å². The molecule has 1 aromatic heterocycles. The summed E-state index contributed by atoms with van der Waals surface area (Å²) in [4.78, 5) is 14.4. The number of anilines is 2. The van der Waals surface area contributed by atoms with E-state index < -0.39 is 0 Å². The van der Waals surface area contributed by atoms with E-state index in [1.54, 1.807) is 12.1 Å². The Morgan fingerprint density at radius 1 is 1.04 bits per heavy atom. The topological polar surface area (TPSA) is 67.3 Å². The Bertz CT molecular complexity index is 678. The van der Waals surface area contributed by atoms with Gasteiger partial charge >= 0.3 is 0 Å². The third-order valence-electron chi connectivity index (χ3n) is 4.21. The number of benzene rings is 1. The highest BCUT2D eigenvalue weighted by Gasteiger charge is 2.18. The van der Waals surface area contributed by atoms with Crippen LogP contribution in [0.2, 0.25) is 0 Å². The molecule has 1 N–H and O–H groups in total. The molecule has 2 heterocycles. The van der Waals surface area contributed by atoms with Gasteiger partial charge in [-0.3, -0.25) is 4.79 Å². The Labute approximate surface area is 148 Å². The number of hydrogen-bond donors (Lipinski definition) is 1. The highest BCUT2D eigenvalue weighted by Crippen LogP contribution is 2.19. The van der Waals surface area contributed by atoms with Crippen LogP contribution in [0.25, 0.3) is 0 Å². The summed E-state index contributed by atoms with van der Waals surface area (Å²) >= 11 is 0. The summed E-state index contributed by atoms with van der Waals surface area (Å²) in [5.41, 5.74) is 1.29. The van der Waals surface area contributed by atoms with Gasteiger partial charge in [-0.25, -0.2) is 0 Å². The molecule has 0 radical (unpaired) electrons. The first kappa shape index (κ1) is 17.2. The fraction of sp³-hybridized carbons (Fsp3) is 0.421. The van der Waals surface area contributed by atoms with Gasteiger partial charge in [-0.15, -0.1) is 10.2 Å². The molecule has 0 bridgehead atoms. The molecule has 25 heavy (non-hydrogen) atoms. The summed E-state index contributed by atoms with van der Waals surface area (Å²) in [7, 11) is 0. The van der Waals surface area contributed by atoms with Crippen molar-refractivity contribution < 1.29 is 9.53 Å². The van der Waals surface area contributed by atoms with Crippen LogP contribution in [-0.2, 0) is 0 Å². The van der Waals surface area contributed by atoms with Gasteiger partial charge in [-0.2, -0.15) is 0 Å². The number of rotatable bonds is 5. The zero-order chi connectivity index (χ0) is 17.5. The maximum Gasteiger partial charge on any atom is 0.274 e. The molecular formula is C19H24N4O2. The molecule has 1 fully saturated rings. The van der Waals surface area contributed by atoms with Crippen molar-refractivity contribution in [1.82, 2.24) is 15.1 Å². The molecule has 1 aromatic carbocycles. The normalized spacial score (nSPS) is 14.7. The van der Waals surface area contributed by atoms with Crippen molar-refractivity contribution in [3.8, 4) is 5.75 Å². The van der Waals surface area contributed by atoms with Crippen molar-refractivity contribution in [2.45, 2.75) is 32.6 Å². The van der Waals surface area contributed by atoms with E-state index in [9.17, 15) is 4.79 Å². The predicted molar refractivity (Wildman–Crippen MR) is 97.3 cm³/mol. The van der Waals surface area contributed by atoms with E-state index in [2.05, 4.69) is 15.5 Å². The molecule has 2 aromatic rings. The summed E-state index contributed by atoms with van der Waals surface area (Å²) in [6.45, 7) is 4.22. The van der Waals surface area contributed by atoms with Crippen molar-refractivity contribution in [2.24, 2.45) is 0 Å². The lowest BCUT2D eigenvalue weighted by Gasteiger charge is -2.19. The van der Waals surface area contributed by atoms with Crippen molar-refractivity contribution in [3.05, 3.63) is 42.1 Å². The van der Waals surface area contributed by atoms with Crippen LogP contribution in [0.1, 0.15) is 43.1 Å². The van der Waals surface area contributed by atoms with E-state index in [0.29, 0.717) is 18.1 Å². The molecule has 0 atom stereocenters. The summed E-state index contributed by atoms with van der Waals surface area (Å²) in [5, 5.41) is 11.4. The SMILES string of the molecule is CCOc1ccc(Nc2ccc(C(=O)N3CCCCCC3)nn2)cc1. The Balaban J connectivity index is 1.62. The molecule has 1 aliphatic heterocycles. The molecule has 1 amide bonds. The number of hydrogen-bond acceptors (Lipinski definition) is 5. The molecule has 132 valence electrons. The number of nitrogens with one attached hydrogen (secondary N) is 1. The predicted octanol–water partition coefficient (Wildman–Crippen LogP) is 3.64. The van der Waals surface area contributed by atoms with E-state index in [1.165, 1.54) is 12.8 Å². The zero-order valence-corrected chi connectivity index (χ0v) is 14.6. The van der Waals surface area contributed by atoms with Gasteiger partial charge in [-0.1, -0.05) is 12.8 Å². The molecular weight excluding hydrogens is 316 g/mol. The quantitative estimate of drug-likeness (QED) is 0.900. The Morgan fingerprint density at radius 2 is 1.76 bits per heavy atom. The summed E-state index contributed by atoms with van der Waals surface area (Å²) in [6, 6.07) is 11.2. The third-order valence-corrected chi connectivity index (χ3v) is 4.21. The molecule has 0 unspecified atom stereocenters. The molecule has 6 nitrogen and oxygen atoms in total. The van der Waals surface area contributed by atoms with Crippen LogP contribution >= 0.6 is 0 Å². The second-order valence-corrected chi connectivity index (χ2v) is 6.09. The van der Waals surface area contributed by atoms with Gasteiger partial charge in [0.05, 0.1) is 6.61 Å². The van der Waals surface area contributed by atoms with Crippen LogP contribution in [0.3, 0.4) is 0 Å². The number of amides is 1. The number of nitrogens with zero attached hydrogens (tertiary/aromatic N) is 3. The van der Waals surface area contributed by atoms with E-state index >= 15 is 0 Å². The smallest absolute Gasteiger partial charge is 0.274 e. The lowest BCUT2D eigenvalue weighted by Crippen LogP contribution is -2.32. The van der Waals surface area contributed by atoms with E-state index in [-0.39, 0.29) is 5.91 Å². The maximum absolute atomic E-state index is 12.5. The minimum absolute atomic E-state index is 0.0259. The second kappa shape index (κ2) is 8.46. The van der Waals surface area contributed by atoms with E-state index in [4.69, 9.17) is 4.74 Å². The summed E-state index contributed by atoms with van der Waals surface area (Å²) in [5.74, 6) is 1.41. The number of carbonyl (C=O) groups is 1. The van der Waals surface area contributed by atoms with Gasteiger partial charge in [0.2, 0.25) is 0 Å². The molecule has 1 aliphatic rings. The Kier molecular flexibility index (Phi) is 5.82. The first-order valence-electron chi connectivity index (χ1n) is 8.89. The average molecular weight is 340 g/mol. The van der Waals surface area contributed by atoms with Crippen LogP contribution in [0, 0.1) is 0 Å². The van der Waals surface area contributed by atoms with Crippen molar-refractivity contribution >= 4 is 17.4 Å². The first-order chi connectivity index (χ1) is 12.3. The van der Waals surface area contributed by atoms with Crippen LogP contribution in [0.5, 0.6) is 5.75 Å². The van der Waals surface area contributed by atoms with Crippen LogP contribution in [0.4, 0.5) is 11.5 Å². The highest BCUT2D eigenvalue weighted by atomic mass is 16.5. The van der Waals surface area contributed by atoms with Gasteiger partial charge in [0.25, 0.3) is 5.91 Å². The van der Waals surface area contributed by atoms with Gasteiger partial charge < -0.3 is 15.0 Å². The monoisotopic (exact) mass is 340 g/mol. The minimum atomic E-state index is -0.0259. The number of aromatic nitrogens is 2. The Hall–Kier alpha value is -2.63. The summed E-state index contributed by atoms with van der Waals surface area (Å²) in [6.07, 6.45) is 4.52. The molecule has 0 aliphatic carbocycles. The Morgan fingerprint density at radius 3 is 2.36 bits per heavy atom. The number of ether oxygens (including phenoxy) is 1. The molecule has 0 saturated carbocycles. The van der Waals surface area contributed by atoms with Gasteiger partial charge in [0.15, 0.2) is 11.5 Å². The van der Waals surface area contributed by atoms with Crippen molar-refractivity contribution in [2.75, 3.05) is 25.0 Å². The second-order valence-electron chi connectivity index (χ2n) is 6.09. The maximum atomic E-state index is 12.5. The average Bonchev–Trinajstić information content (AvgIpc) is 2.93. The van der Waals surface area contributed by atoms with Crippen molar-refractivity contribution in [1.29, 1.82) is 0 Å². The number of carbonyl (C=O) groups excluding carboxylic acids is 1. The number of likely N-dealkylation sites (tertiary alicyclic amines) is 1. The van der Waals surface area contributed by atoms with Crippen molar-refractivity contribution in [3.63, 3.8) is 0 Å². The molecule has 0 spiro atoms. The summed E-state index contributed by atoms with van der Waals surface area (Å²) < 4.78 is 5.42. The first-order valence-corrected chi connectivity index (χ1v) is 8.89. The standard InChI is InChI=1S/C19H24N4O2/c1-2-25-16-9-7-15(8-10-16)20-18-12-11-17(21-22-18)19(24)23-13-5-3-4-6-14-23/h7-12H,2-6,13-14H2,1H3,(H,20,22). The lowest BCUT2D eigenvalue weighted by molar-refractivity contribution is 0.0754. The zero-order valence-electron chi connectivity index (χ0n) is 14.6. The van der Waals surface area contributed by atoms with Crippen LogP contribution in [-0.4, -0.2) is 40.7 Å². The fourth-order valence-corrected chi connectivity index (χ4v) is 2.90. The largest absolute Gasteiger partial charge is 0.494 e. The van der Waals surface area contributed by atoms with E-state index in [0.717, 1.165) is 37.4 Å². The third kappa shape index (κ3) is 4.68. The lowest BCUT2D eigenvalue weighted by atomic mass is 10.2. The van der Waals surface area contributed by atoms with Gasteiger partial charge in [-0.05, 0) is 56.2 Å². The fourth-order valence-electron chi connectivity index (χ4n) is 2.90. The minimum Gasteiger partial charge on any atom is -0.494 e. The van der Waals surface area contributed by atoms with Gasteiger partial charge in [0.1, 0.15) is 5.75 Å². The van der Waals surface area contributed by atoms with E-state index in [1.807, 2.05) is 36.1 Å². The highest BCUT2D eigenvalue weighted by molar-refractivity contribution is 5.92. The van der Waals surface area contributed by atoms with Gasteiger partial charge in [0, 0.05) is 18.8 Å². The van der Waals surface area contributed by atoms with Crippen LogP contribution < -0.4 is 10.1 Å². The molecule has 1 saturated heterocycles. The molecule has 3 rings (SSSR count). The molecule has 6 heteroatoms.